The molecular weight excluding hydrogens is 224 g/mol. The Morgan fingerprint density at radius 1 is 1.00 bits per heavy atom. The van der Waals surface area contributed by atoms with Gasteiger partial charge in [0.2, 0.25) is 0 Å². The van der Waals surface area contributed by atoms with E-state index in [0.717, 1.165) is 19.3 Å². The summed E-state index contributed by atoms with van der Waals surface area (Å²) in [6.45, 7) is 2.82. The summed E-state index contributed by atoms with van der Waals surface area (Å²) in [7, 11) is 0. The smallest absolute Gasteiger partial charge is 0.309 e. The van der Waals surface area contributed by atoms with Crippen LogP contribution in [0.5, 0.6) is 0 Å². The molecule has 0 aromatic carbocycles. The normalized spacial score (nSPS) is 26.5. The van der Waals surface area contributed by atoms with E-state index in [9.17, 15) is 4.79 Å². The van der Waals surface area contributed by atoms with Crippen molar-refractivity contribution in [2.75, 3.05) is 6.61 Å². The fourth-order valence-corrected chi connectivity index (χ4v) is 2.06. The highest BCUT2D eigenvalue weighted by atomic mass is 16.5. The van der Waals surface area contributed by atoms with E-state index in [1.807, 2.05) is 6.08 Å². The molecule has 0 fully saturated rings. The summed E-state index contributed by atoms with van der Waals surface area (Å²) in [6, 6.07) is 0. The molecule has 1 aliphatic heterocycles. The summed E-state index contributed by atoms with van der Waals surface area (Å²) in [5.74, 6) is 0.561. The van der Waals surface area contributed by atoms with E-state index in [2.05, 4.69) is 25.2 Å². The average molecular weight is 250 g/mol. The van der Waals surface area contributed by atoms with Crippen molar-refractivity contribution < 1.29 is 9.53 Å². The van der Waals surface area contributed by atoms with Crippen molar-refractivity contribution in [2.45, 2.75) is 58.3 Å². The predicted molar refractivity (Wildman–Crippen MR) is 75.3 cm³/mol. The van der Waals surface area contributed by atoms with Crippen molar-refractivity contribution in [3.8, 4) is 0 Å². The Hall–Kier alpha value is -1.05. The topological polar surface area (TPSA) is 26.3 Å². The highest BCUT2D eigenvalue weighted by Gasteiger charge is 2.04. The van der Waals surface area contributed by atoms with E-state index in [4.69, 9.17) is 4.74 Å². The number of esters is 1. The number of allylic oxidation sites excluding steroid dienone is 3. The van der Waals surface area contributed by atoms with E-state index in [0.29, 0.717) is 18.9 Å². The molecular formula is C16H26O2. The number of hydrogen-bond donors (Lipinski definition) is 0. The molecule has 2 nitrogen and oxygen atoms in total. The molecule has 0 aromatic heterocycles. The molecule has 0 aliphatic carbocycles. The van der Waals surface area contributed by atoms with Crippen LogP contribution in [0.1, 0.15) is 58.3 Å². The Kier molecular flexibility index (Phi) is 8.28. The number of rotatable bonds is 0. The van der Waals surface area contributed by atoms with E-state index in [-0.39, 0.29) is 5.97 Å². The van der Waals surface area contributed by atoms with E-state index < -0.39 is 0 Å². The van der Waals surface area contributed by atoms with Gasteiger partial charge in [-0.25, -0.2) is 0 Å². The van der Waals surface area contributed by atoms with Gasteiger partial charge in [0.05, 0.1) is 13.0 Å². The van der Waals surface area contributed by atoms with Gasteiger partial charge in [-0.1, -0.05) is 44.1 Å². The first-order chi connectivity index (χ1) is 8.79. The summed E-state index contributed by atoms with van der Waals surface area (Å²) in [5, 5.41) is 0. The van der Waals surface area contributed by atoms with Crippen LogP contribution < -0.4 is 0 Å². The van der Waals surface area contributed by atoms with Gasteiger partial charge in [0.15, 0.2) is 0 Å². The SMILES string of the molecule is CC1CCCCC=CCC/C=C/CC(=O)OCC1. The molecule has 0 N–H and O–H groups in total. The second kappa shape index (κ2) is 9.93. The van der Waals surface area contributed by atoms with Crippen molar-refractivity contribution in [2.24, 2.45) is 5.92 Å². The fraction of sp³-hybridized carbons (Fsp3) is 0.688. The van der Waals surface area contributed by atoms with Crippen molar-refractivity contribution >= 4 is 5.97 Å². The third kappa shape index (κ3) is 8.10. The summed E-state index contributed by atoms with van der Waals surface area (Å²) in [4.78, 5) is 11.4. The molecule has 0 aromatic rings. The minimum atomic E-state index is -0.0962. The summed E-state index contributed by atoms with van der Waals surface area (Å²) < 4.78 is 5.21. The molecule has 2 heteroatoms. The summed E-state index contributed by atoms with van der Waals surface area (Å²) >= 11 is 0. The van der Waals surface area contributed by atoms with Crippen molar-refractivity contribution in [1.29, 1.82) is 0 Å². The first-order valence-corrected chi connectivity index (χ1v) is 7.24. The number of carbonyl (C=O) groups excluding carboxylic acids is 1. The lowest BCUT2D eigenvalue weighted by atomic mass is 10.00. The third-order valence-corrected chi connectivity index (χ3v) is 3.31. The molecule has 1 atom stereocenters. The Morgan fingerprint density at radius 2 is 1.72 bits per heavy atom. The summed E-state index contributed by atoms with van der Waals surface area (Å²) in [5.41, 5.74) is 0. The van der Waals surface area contributed by atoms with Gasteiger partial charge in [-0.3, -0.25) is 4.79 Å². The van der Waals surface area contributed by atoms with Gasteiger partial charge in [0, 0.05) is 0 Å². The minimum Gasteiger partial charge on any atom is -0.465 e. The van der Waals surface area contributed by atoms with Crippen LogP contribution in [0.15, 0.2) is 24.3 Å². The van der Waals surface area contributed by atoms with Crippen molar-refractivity contribution in [3.05, 3.63) is 24.3 Å². The minimum absolute atomic E-state index is 0.0962. The zero-order valence-electron chi connectivity index (χ0n) is 11.6. The Bertz CT molecular complexity index is 279. The number of carbonyl (C=O) groups is 1. The summed E-state index contributed by atoms with van der Waals surface area (Å²) in [6.07, 6.45) is 17.0. The van der Waals surface area contributed by atoms with Crippen LogP contribution in [0.2, 0.25) is 0 Å². The van der Waals surface area contributed by atoms with Gasteiger partial charge < -0.3 is 4.74 Å². The molecule has 0 spiro atoms. The second-order valence-corrected chi connectivity index (χ2v) is 5.12. The van der Waals surface area contributed by atoms with Crippen LogP contribution in [0, 0.1) is 5.92 Å². The van der Waals surface area contributed by atoms with Crippen LogP contribution >= 0.6 is 0 Å². The molecule has 0 saturated heterocycles. The molecule has 0 bridgehead atoms. The van der Waals surface area contributed by atoms with Crippen LogP contribution in [0.4, 0.5) is 0 Å². The van der Waals surface area contributed by atoms with Gasteiger partial charge >= 0.3 is 5.97 Å². The molecule has 1 rings (SSSR count). The van der Waals surface area contributed by atoms with E-state index >= 15 is 0 Å². The van der Waals surface area contributed by atoms with Crippen LogP contribution in [-0.4, -0.2) is 12.6 Å². The zero-order valence-corrected chi connectivity index (χ0v) is 11.6. The molecule has 0 amide bonds. The maximum absolute atomic E-state index is 11.4. The maximum atomic E-state index is 11.4. The lowest BCUT2D eigenvalue weighted by Gasteiger charge is -2.11. The molecule has 0 radical (unpaired) electrons. The molecule has 0 saturated carbocycles. The molecule has 1 aliphatic rings. The number of cyclic esters (lactones) is 1. The molecule has 1 heterocycles. The van der Waals surface area contributed by atoms with Crippen molar-refractivity contribution in [3.63, 3.8) is 0 Å². The standard InChI is InChI=1S/C16H26O2/c1-15-11-9-7-5-3-2-4-6-8-10-12-16(17)18-14-13-15/h2-3,8,10,15H,4-7,9,11-14H2,1H3/b3-2?,10-8+. The largest absolute Gasteiger partial charge is 0.465 e. The van der Waals surface area contributed by atoms with Gasteiger partial charge in [-0.05, 0) is 38.0 Å². The second-order valence-electron chi connectivity index (χ2n) is 5.12. The van der Waals surface area contributed by atoms with E-state index in [1.165, 1.54) is 25.7 Å². The first kappa shape index (κ1) is 15.0. The lowest BCUT2D eigenvalue weighted by molar-refractivity contribution is -0.142. The van der Waals surface area contributed by atoms with E-state index in [1.54, 1.807) is 0 Å². The number of ether oxygens (including phenoxy) is 1. The molecule has 18 heavy (non-hydrogen) atoms. The maximum Gasteiger partial charge on any atom is 0.309 e. The van der Waals surface area contributed by atoms with Gasteiger partial charge in [-0.2, -0.15) is 0 Å². The van der Waals surface area contributed by atoms with Gasteiger partial charge in [0.1, 0.15) is 0 Å². The quantitative estimate of drug-likeness (QED) is 0.470. The monoisotopic (exact) mass is 250 g/mol. The van der Waals surface area contributed by atoms with Crippen LogP contribution in [0.25, 0.3) is 0 Å². The zero-order chi connectivity index (χ0) is 13.1. The highest BCUT2D eigenvalue weighted by molar-refractivity contribution is 5.71. The predicted octanol–water partition coefficient (Wildman–Crippen LogP) is 4.41. The lowest BCUT2D eigenvalue weighted by Crippen LogP contribution is -2.07. The molecule has 102 valence electrons. The fourth-order valence-electron chi connectivity index (χ4n) is 2.06. The Morgan fingerprint density at radius 3 is 2.56 bits per heavy atom. The van der Waals surface area contributed by atoms with Crippen LogP contribution in [0.3, 0.4) is 0 Å². The third-order valence-electron chi connectivity index (χ3n) is 3.31. The Balaban J connectivity index is 2.34. The Labute approximate surface area is 111 Å². The van der Waals surface area contributed by atoms with Crippen molar-refractivity contribution in [1.82, 2.24) is 0 Å². The van der Waals surface area contributed by atoms with Gasteiger partial charge in [0.25, 0.3) is 0 Å². The molecule has 1 unspecified atom stereocenters. The first-order valence-electron chi connectivity index (χ1n) is 7.24. The average Bonchev–Trinajstić information content (AvgIpc) is 2.34. The van der Waals surface area contributed by atoms with Crippen LogP contribution in [-0.2, 0) is 9.53 Å². The van der Waals surface area contributed by atoms with Gasteiger partial charge in [-0.15, -0.1) is 0 Å². The number of hydrogen-bond acceptors (Lipinski definition) is 2. The highest BCUT2D eigenvalue weighted by Crippen LogP contribution is 2.13.